The summed E-state index contributed by atoms with van der Waals surface area (Å²) in [6.07, 6.45) is -2.62. The number of nitrogens with zero attached hydrogens (tertiary/aromatic N) is 10. The number of imidazole rings is 2. The Balaban J connectivity index is 0.000000197. The summed E-state index contributed by atoms with van der Waals surface area (Å²) in [7, 11) is 2.50. The van der Waals surface area contributed by atoms with Crippen LogP contribution in [0, 0.1) is 41.0 Å². The van der Waals surface area contributed by atoms with Crippen LogP contribution >= 0.6 is 0 Å². The number of aromatic amines is 2. The van der Waals surface area contributed by atoms with Crippen LogP contribution in [0.25, 0.3) is 55.3 Å². The van der Waals surface area contributed by atoms with Crippen LogP contribution < -0.4 is 30.7 Å². The SMILES string of the molecule is COC(=O)N[C@H](C(=O)N1C[C@@H](C)C[C@H]1c1nc(-c2ccc(-c3ccc(NC(=O)N4CCC(N5CCN(C(=O)C(C)(C)C)CC5)CC4)cc3OC(F)(F)F)cc2)c(F)[nH]1)C1CCOCC1.COC(=O)N[C@H](C(=O)N1C[C@@H](C)C[C@H]1c1nc2c(ccc3cc(-c4ccc(NC(=O)N5CCN(C6CCN(C(=O)C7CC7)CC6)CC5)cc4OC(F)(F)F)ccc32)[nH]1)C1CCOCC1. The molecule has 0 bridgehead atoms. The van der Waals surface area contributed by atoms with Gasteiger partial charge < -0.3 is 89.1 Å². The summed E-state index contributed by atoms with van der Waals surface area (Å²) in [5.74, 6) is -0.865. The highest BCUT2D eigenvalue weighted by Crippen LogP contribution is 2.45. The molecule has 10 heterocycles. The van der Waals surface area contributed by atoms with Crippen molar-refractivity contribution in [3.05, 3.63) is 109 Å². The number of hydrogen-bond acceptors (Lipinski definition) is 18. The van der Waals surface area contributed by atoms with Gasteiger partial charge in [0.25, 0.3) is 0 Å². The van der Waals surface area contributed by atoms with Gasteiger partial charge in [0.15, 0.2) is 0 Å². The van der Waals surface area contributed by atoms with E-state index in [-0.39, 0.29) is 99.3 Å². The number of methoxy groups -OCH3 is 2. The Hall–Kier alpha value is -11.1. The number of ether oxygens (including phenoxy) is 6. The van der Waals surface area contributed by atoms with Gasteiger partial charge in [-0.05, 0) is 154 Å². The molecule has 7 aromatic rings. The number of amides is 10. The Morgan fingerprint density at radius 1 is 0.492 bits per heavy atom. The number of rotatable bonds is 18. The van der Waals surface area contributed by atoms with Crippen LogP contribution in [0.1, 0.15) is 135 Å². The number of piperazine rings is 2. The van der Waals surface area contributed by atoms with Gasteiger partial charge in [0.2, 0.25) is 29.6 Å². The number of alkyl halides is 6. The number of urea groups is 2. The minimum atomic E-state index is -5.04. The van der Waals surface area contributed by atoms with Gasteiger partial charge in [-0.1, -0.05) is 77.1 Å². The standard InChI is InChI=1S/C46H55F3N8O7.C45H58F4N8O7/c1-27-23-37(57(26-27)43(59)39(53-45(61)62-2)28-13-21-63-22-14-28)41-51-36-10-6-31-24-30(5-8-35(31)40(36)52-41)34-9-7-32(25-38(34)64-46(47,48)49)50-44(60)56-19-17-54(18-20-56)33-11-15-55(16-12-33)42(58)29-3-4-29;1-27-24-34(57(26-27)40(58)37(52-43(61)62-5)30-14-22-63-23-15-30)39-51-36(38(46)53-39)29-8-6-28(7-9-29)33-11-10-31(25-35(33)64-45(47,48)49)50-42(60)56-16-12-32(13-17-56)54-18-20-55(21-19-54)41(59)44(2,3)4/h5-10,24-25,27-29,33,37,39H,3-4,11-23,26H2,1-2H3,(H,50,60)(H,51,52)(H,53,61);6-11,25,27,30,32,34,37H,12-24,26H2,1-5H3,(H,50,60)(H,51,53)(H,52,61)/t27-,37-,39-;27-,34-,37-/m00/s1. The van der Waals surface area contributed by atoms with Gasteiger partial charge in [-0.3, -0.25) is 29.0 Å². The number of hydrogen-bond donors (Lipinski definition) is 6. The molecule has 30 nitrogen and oxygen atoms in total. The first-order valence-electron chi connectivity index (χ1n) is 44.4. The van der Waals surface area contributed by atoms with Crippen molar-refractivity contribution >= 4 is 81.1 Å². The minimum Gasteiger partial charge on any atom is -0.453 e. The number of aromatic nitrogens is 4. The molecule has 10 amide bonds. The van der Waals surface area contributed by atoms with Gasteiger partial charge in [-0.25, -0.2) is 29.1 Å². The number of carbonyl (C=O) groups is 8. The molecule has 690 valence electrons. The van der Waals surface area contributed by atoms with E-state index in [4.69, 9.17) is 23.9 Å². The van der Waals surface area contributed by atoms with Gasteiger partial charge in [0.05, 0.1) is 37.3 Å². The molecule has 16 rings (SSSR count). The maximum Gasteiger partial charge on any atom is 0.573 e. The quantitative estimate of drug-likeness (QED) is 0.0435. The zero-order chi connectivity index (χ0) is 90.6. The zero-order valence-corrected chi connectivity index (χ0v) is 73.1. The second-order valence-electron chi connectivity index (χ2n) is 36.2. The smallest absolute Gasteiger partial charge is 0.453 e. The number of likely N-dealkylation sites (tertiary alicyclic amines) is 4. The molecule has 6 N–H and O–H groups in total. The van der Waals surface area contributed by atoms with Crippen LogP contribution in [0.5, 0.6) is 11.5 Å². The Kier molecular flexibility index (Phi) is 28.0. The second-order valence-corrected chi connectivity index (χ2v) is 36.2. The van der Waals surface area contributed by atoms with Gasteiger partial charge in [-0.2, -0.15) is 4.39 Å². The lowest BCUT2D eigenvalue weighted by atomic mass is 9.90. The first-order chi connectivity index (χ1) is 61.2. The van der Waals surface area contributed by atoms with E-state index in [2.05, 4.69) is 62.4 Å². The number of H-pyrrole nitrogens is 2. The maximum atomic E-state index is 15.7. The van der Waals surface area contributed by atoms with E-state index in [0.717, 1.165) is 87.1 Å². The van der Waals surface area contributed by atoms with Crippen molar-refractivity contribution in [1.82, 2.24) is 69.8 Å². The molecule has 0 radical (unpaired) electrons. The number of halogens is 7. The number of fused-ring (bicyclic) bond motifs is 3. The summed E-state index contributed by atoms with van der Waals surface area (Å²) in [4.78, 5) is 136. The van der Waals surface area contributed by atoms with E-state index in [1.165, 1.54) is 62.8 Å². The lowest BCUT2D eigenvalue weighted by molar-refractivity contribution is -0.275. The summed E-state index contributed by atoms with van der Waals surface area (Å²) >= 11 is 0. The highest BCUT2D eigenvalue weighted by atomic mass is 19.4. The van der Waals surface area contributed by atoms with Gasteiger partial charge in [-0.15, -0.1) is 26.3 Å². The van der Waals surface area contributed by atoms with Gasteiger partial charge in [0.1, 0.15) is 40.9 Å². The predicted octanol–water partition coefficient (Wildman–Crippen LogP) is 13.9. The van der Waals surface area contributed by atoms with Crippen LogP contribution in [-0.4, -0.2) is 276 Å². The highest BCUT2D eigenvalue weighted by Gasteiger charge is 2.47. The molecular formula is C91H113F7N16O14. The highest BCUT2D eigenvalue weighted by molar-refractivity contribution is 6.06. The molecule has 0 spiro atoms. The fourth-order valence-electron chi connectivity index (χ4n) is 19.4. The molecule has 0 unspecified atom stereocenters. The third-order valence-corrected chi connectivity index (χ3v) is 26.3. The van der Waals surface area contributed by atoms with Crippen LogP contribution in [0.3, 0.4) is 0 Å². The van der Waals surface area contributed by atoms with E-state index in [1.807, 2.05) is 55.7 Å². The molecule has 5 aromatic carbocycles. The molecular weight excluding hydrogens is 1670 g/mol. The third kappa shape index (κ3) is 21.8. The predicted molar refractivity (Wildman–Crippen MR) is 460 cm³/mol. The van der Waals surface area contributed by atoms with Crippen molar-refractivity contribution in [2.45, 2.75) is 161 Å². The fourth-order valence-corrected chi connectivity index (χ4v) is 19.4. The van der Waals surface area contributed by atoms with E-state index in [1.54, 1.807) is 37.8 Å². The Bertz CT molecular complexity index is 5160. The molecule has 9 fully saturated rings. The van der Waals surface area contributed by atoms with Gasteiger partial charge >= 0.3 is 37.0 Å². The third-order valence-electron chi connectivity index (χ3n) is 26.3. The molecule has 8 saturated heterocycles. The molecule has 8 aliphatic heterocycles. The van der Waals surface area contributed by atoms with Gasteiger partial charge in [0, 0.05) is 187 Å². The van der Waals surface area contributed by atoms with E-state index in [9.17, 15) is 64.7 Å². The summed E-state index contributed by atoms with van der Waals surface area (Å²) in [5.41, 5.74) is 2.62. The lowest BCUT2D eigenvalue weighted by Gasteiger charge is -2.43. The monoisotopic (exact) mass is 1790 g/mol. The summed E-state index contributed by atoms with van der Waals surface area (Å²) in [6, 6.07) is 20.6. The molecule has 9 aliphatic rings. The van der Waals surface area contributed by atoms with Crippen LogP contribution in [0.4, 0.5) is 61.3 Å². The molecule has 37 heteroatoms. The van der Waals surface area contributed by atoms with Crippen molar-refractivity contribution in [3.63, 3.8) is 0 Å². The van der Waals surface area contributed by atoms with Crippen molar-refractivity contribution in [2.75, 3.05) is 143 Å². The second kappa shape index (κ2) is 39.1. The Morgan fingerprint density at radius 2 is 0.938 bits per heavy atom. The molecule has 6 atom stereocenters. The number of anilines is 2. The van der Waals surface area contributed by atoms with Crippen molar-refractivity contribution in [2.24, 2.45) is 35.0 Å². The Labute approximate surface area is 737 Å². The van der Waals surface area contributed by atoms with Crippen molar-refractivity contribution in [3.8, 4) is 45.0 Å². The molecule has 1 saturated carbocycles. The normalized spacial score (nSPS) is 21.6. The topological polar surface area (TPSA) is 323 Å². The number of nitrogens with one attached hydrogen (secondary N) is 6. The first kappa shape index (κ1) is 91.7. The number of alkyl carbamates (subject to hydrolysis) is 2. The van der Waals surface area contributed by atoms with E-state index >= 15 is 4.39 Å². The summed E-state index contributed by atoms with van der Waals surface area (Å²) in [5, 5.41) is 12.5. The minimum absolute atomic E-state index is 0.0359. The maximum absolute atomic E-state index is 15.7. The number of carbonyl (C=O) groups excluding carboxylic acids is 8. The van der Waals surface area contributed by atoms with Crippen molar-refractivity contribution < 1.29 is 97.5 Å². The van der Waals surface area contributed by atoms with E-state index in [0.29, 0.717) is 164 Å². The summed E-state index contributed by atoms with van der Waals surface area (Å²) < 4.78 is 128. The van der Waals surface area contributed by atoms with Crippen LogP contribution in [0.15, 0.2) is 91.0 Å². The average Bonchev–Trinajstić information content (AvgIpc) is 1.58. The van der Waals surface area contributed by atoms with Crippen LogP contribution in [0.2, 0.25) is 0 Å². The molecule has 2 aromatic heterocycles. The summed E-state index contributed by atoms with van der Waals surface area (Å²) in [6.45, 7) is 20.1. The molecule has 1 aliphatic carbocycles. The fraction of sp³-hybridized carbons (Fsp3) is 0.560. The Morgan fingerprint density at radius 3 is 1.41 bits per heavy atom. The van der Waals surface area contributed by atoms with Crippen LogP contribution in [-0.2, 0) is 38.1 Å². The lowest BCUT2D eigenvalue weighted by Crippen LogP contribution is -2.56. The molecule has 128 heavy (non-hydrogen) atoms. The largest absolute Gasteiger partial charge is 0.573 e. The number of piperidine rings is 2. The van der Waals surface area contributed by atoms with E-state index < -0.39 is 78.0 Å². The average molecular weight is 1790 g/mol. The first-order valence-corrected chi connectivity index (χ1v) is 44.4. The number of benzene rings is 5. The van der Waals surface area contributed by atoms with Crippen molar-refractivity contribution in [1.29, 1.82) is 0 Å². The zero-order valence-electron chi connectivity index (χ0n) is 73.1.